The second-order valence-corrected chi connectivity index (χ2v) is 6.25. The molecule has 0 saturated heterocycles. The zero-order chi connectivity index (χ0) is 13.9. The van der Waals surface area contributed by atoms with Crippen molar-refractivity contribution in [1.82, 2.24) is 4.72 Å². The van der Waals surface area contributed by atoms with Crippen molar-refractivity contribution in [2.75, 3.05) is 12.3 Å². The SMILES string of the molecule is CC[C@H](CO)NS(=O)(=O)c1cc(N)c(F)cc1Br. The lowest BCUT2D eigenvalue weighted by atomic mass is 10.3. The molecule has 0 saturated carbocycles. The summed E-state index contributed by atoms with van der Waals surface area (Å²) in [5.74, 6) is -0.699. The summed E-state index contributed by atoms with van der Waals surface area (Å²) in [7, 11) is -3.86. The minimum atomic E-state index is -3.86. The summed E-state index contributed by atoms with van der Waals surface area (Å²) in [6.07, 6.45) is 0.435. The molecule has 0 aliphatic heterocycles. The number of hydrogen-bond donors (Lipinski definition) is 3. The van der Waals surface area contributed by atoms with E-state index in [2.05, 4.69) is 20.7 Å². The molecule has 0 heterocycles. The summed E-state index contributed by atoms with van der Waals surface area (Å²) in [5, 5.41) is 8.98. The van der Waals surface area contributed by atoms with E-state index < -0.39 is 21.9 Å². The van der Waals surface area contributed by atoms with Gasteiger partial charge in [0.1, 0.15) is 5.82 Å². The molecule has 0 aromatic heterocycles. The lowest BCUT2D eigenvalue weighted by Crippen LogP contribution is -2.37. The molecule has 0 spiro atoms. The molecule has 1 aromatic carbocycles. The third-order valence-electron chi connectivity index (χ3n) is 2.38. The Morgan fingerprint density at radius 3 is 2.67 bits per heavy atom. The largest absolute Gasteiger partial charge is 0.396 e. The van der Waals surface area contributed by atoms with Crippen LogP contribution >= 0.6 is 15.9 Å². The maximum atomic E-state index is 13.1. The van der Waals surface area contributed by atoms with Gasteiger partial charge in [0.15, 0.2) is 0 Å². The fraction of sp³-hybridized carbons (Fsp3) is 0.400. The van der Waals surface area contributed by atoms with Crippen LogP contribution in [0.2, 0.25) is 0 Å². The van der Waals surface area contributed by atoms with Crippen molar-refractivity contribution in [2.24, 2.45) is 0 Å². The van der Waals surface area contributed by atoms with Crippen LogP contribution in [0.5, 0.6) is 0 Å². The highest BCUT2D eigenvalue weighted by atomic mass is 79.9. The van der Waals surface area contributed by atoms with Gasteiger partial charge in [0.05, 0.1) is 17.2 Å². The summed E-state index contributed by atoms with van der Waals surface area (Å²) < 4.78 is 39.6. The van der Waals surface area contributed by atoms with Crippen molar-refractivity contribution in [3.63, 3.8) is 0 Å². The molecule has 18 heavy (non-hydrogen) atoms. The zero-order valence-corrected chi connectivity index (χ0v) is 12.1. The Morgan fingerprint density at radius 2 is 2.17 bits per heavy atom. The van der Waals surface area contributed by atoms with Gasteiger partial charge in [0.2, 0.25) is 10.0 Å². The number of halogens is 2. The van der Waals surface area contributed by atoms with Gasteiger partial charge in [0, 0.05) is 10.5 Å². The van der Waals surface area contributed by atoms with Gasteiger partial charge in [-0.3, -0.25) is 0 Å². The second kappa shape index (κ2) is 5.96. The van der Waals surface area contributed by atoms with Gasteiger partial charge >= 0.3 is 0 Å². The minimum Gasteiger partial charge on any atom is -0.396 e. The van der Waals surface area contributed by atoms with Gasteiger partial charge < -0.3 is 10.8 Å². The zero-order valence-electron chi connectivity index (χ0n) is 9.65. The van der Waals surface area contributed by atoms with Gasteiger partial charge in [-0.2, -0.15) is 0 Å². The lowest BCUT2D eigenvalue weighted by molar-refractivity contribution is 0.254. The fourth-order valence-corrected chi connectivity index (χ4v) is 3.64. The van der Waals surface area contributed by atoms with E-state index in [-0.39, 0.29) is 21.7 Å². The van der Waals surface area contributed by atoms with E-state index in [0.29, 0.717) is 6.42 Å². The number of nitrogens with one attached hydrogen (secondary N) is 1. The highest BCUT2D eigenvalue weighted by Crippen LogP contribution is 2.26. The summed E-state index contributed by atoms with van der Waals surface area (Å²) >= 11 is 2.97. The van der Waals surface area contributed by atoms with Crippen LogP contribution in [0.25, 0.3) is 0 Å². The second-order valence-electron chi connectivity index (χ2n) is 3.71. The number of hydrogen-bond acceptors (Lipinski definition) is 4. The number of aliphatic hydroxyl groups excluding tert-OH is 1. The monoisotopic (exact) mass is 340 g/mol. The third-order valence-corrected chi connectivity index (χ3v) is 4.85. The molecule has 0 unspecified atom stereocenters. The van der Waals surface area contributed by atoms with Crippen LogP contribution < -0.4 is 10.5 Å². The Bertz CT molecular complexity index is 532. The number of nitrogens with two attached hydrogens (primary N) is 1. The molecule has 4 N–H and O–H groups in total. The molecule has 102 valence electrons. The molecule has 0 fully saturated rings. The van der Waals surface area contributed by atoms with Crippen LogP contribution in [0, 0.1) is 5.82 Å². The van der Waals surface area contributed by atoms with Crippen LogP contribution in [0.15, 0.2) is 21.5 Å². The predicted molar refractivity (Wildman–Crippen MR) is 70.0 cm³/mol. The fourth-order valence-electron chi connectivity index (χ4n) is 1.28. The normalized spacial score (nSPS) is 13.6. The van der Waals surface area contributed by atoms with Crippen molar-refractivity contribution in [3.05, 3.63) is 22.4 Å². The first kappa shape index (κ1) is 15.4. The molecule has 0 aliphatic rings. The van der Waals surface area contributed by atoms with E-state index in [0.717, 1.165) is 12.1 Å². The first-order valence-corrected chi connectivity index (χ1v) is 7.47. The highest BCUT2D eigenvalue weighted by Gasteiger charge is 2.22. The highest BCUT2D eigenvalue weighted by molar-refractivity contribution is 9.10. The van der Waals surface area contributed by atoms with E-state index in [4.69, 9.17) is 10.8 Å². The molecular weight excluding hydrogens is 327 g/mol. The van der Waals surface area contributed by atoms with Crippen LogP contribution in [-0.2, 0) is 10.0 Å². The van der Waals surface area contributed by atoms with E-state index >= 15 is 0 Å². The molecule has 0 aliphatic carbocycles. The number of benzene rings is 1. The summed E-state index contributed by atoms with van der Waals surface area (Å²) in [6.45, 7) is 1.42. The molecule has 0 radical (unpaired) electrons. The Labute approximate surface area is 113 Å². The third kappa shape index (κ3) is 3.41. The number of anilines is 1. The minimum absolute atomic E-state index is 0.0782. The van der Waals surface area contributed by atoms with Crippen LogP contribution in [0.4, 0.5) is 10.1 Å². The Morgan fingerprint density at radius 1 is 1.56 bits per heavy atom. The number of rotatable bonds is 5. The van der Waals surface area contributed by atoms with Crippen molar-refractivity contribution < 1.29 is 17.9 Å². The summed E-state index contributed by atoms with van der Waals surface area (Å²) in [4.78, 5) is -0.159. The molecule has 0 amide bonds. The first-order chi connectivity index (χ1) is 8.31. The predicted octanol–water partition coefficient (Wildman–Crippen LogP) is 1.22. The topological polar surface area (TPSA) is 92.4 Å². The average molecular weight is 341 g/mol. The molecule has 0 bridgehead atoms. The molecule has 1 aromatic rings. The van der Waals surface area contributed by atoms with Gasteiger partial charge in [-0.05, 0) is 34.5 Å². The van der Waals surface area contributed by atoms with Crippen molar-refractivity contribution in [1.29, 1.82) is 0 Å². The number of aliphatic hydroxyl groups is 1. The van der Waals surface area contributed by atoms with Crippen molar-refractivity contribution >= 4 is 31.6 Å². The Balaban J connectivity index is 3.16. The summed E-state index contributed by atoms with van der Waals surface area (Å²) in [5.41, 5.74) is 5.09. The van der Waals surface area contributed by atoms with Crippen LogP contribution in [-0.4, -0.2) is 26.2 Å². The first-order valence-electron chi connectivity index (χ1n) is 5.19. The standard InChI is InChI=1S/C10H14BrFN2O3S/c1-2-6(5-15)14-18(16,17)10-4-9(13)8(12)3-7(10)11/h3-4,6,14-15H,2,5,13H2,1H3/t6-/m1/s1. The van der Waals surface area contributed by atoms with E-state index in [1.807, 2.05) is 0 Å². The Kier molecular flexibility index (Phi) is 5.09. The molecule has 5 nitrogen and oxygen atoms in total. The van der Waals surface area contributed by atoms with Gasteiger partial charge in [-0.15, -0.1) is 0 Å². The van der Waals surface area contributed by atoms with Gasteiger partial charge in [0.25, 0.3) is 0 Å². The van der Waals surface area contributed by atoms with E-state index in [1.54, 1.807) is 6.92 Å². The van der Waals surface area contributed by atoms with Crippen molar-refractivity contribution in [2.45, 2.75) is 24.3 Å². The summed E-state index contributed by atoms with van der Waals surface area (Å²) in [6, 6.07) is 1.43. The Hall–Kier alpha value is -0.700. The quantitative estimate of drug-likeness (QED) is 0.702. The average Bonchev–Trinajstić information content (AvgIpc) is 2.30. The smallest absolute Gasteiger partial charge is 0.242 e. The molecular formula is C10H14BrFN2O3S. The van der Waals surface area contributed by atoms with Crippen LogP contribution in [0.1, 0.15) is 13.3 Å². The van der Waals surface area contributed by atoms with E-state index in [1.165, 1.54) is 0 Å². The lowest BCUT2D eigenvalue weighted by Gasteiger charge is -2.15. The van der Waals surface area contributed by atoms with Crippen LogP contribution in [0.3, 0.4) is 0 Å². The maximum Gasteiger partial charge on any atom is 0.242 e. The molecule has 1 atom stereocenters. The number of sulfonamides is 1. The molecule has 1 rings (SSSR count). The van der Waals surface area contributed by atoms with E-state index in [9.17, 15) is 12.8 Å². The maximum absolute atomic E-state index is 13.1. The number of nitrogen functional groups attached to an aromatic ring is 1. The molecule has 8 heteroatoms. The van der Waals surface area contributed by atoms with Crippen molar-refractivity contribution in [3.8, 4) is 0 Å². The van der Waals surface area contributed by atoms with Gasteiger partial charge in [-0.1, -0.05) is 6.92 Å². The van der Waals surface area contributed by atoms with Gasteiger partial charge in [-0.25, -0.2) is 17.5 Å².